The summed E-state index contributed by atoms with van der Waals surface area (Å²) >= 11 is 1.17. The first-order chi connectivity index (χ1) is 12.4. The second-order valence-corrected chi connectivity index (χ2v) is 9.59. The Balaban J connectivity index is 0.00000676. The van der Waals surface area contributed by atoms with Crippen molar-refractivity contribution in [1.82, 2.24) is 10.6 Å². The summed E-state index contributed by atoms with van der Waals surface area (Å²) in [6.07, 6.45) is 3.65. The molecule has 0 radical (unpaired) electrons. The Hall–Kier alpha value is -0.390. The van der Waals surface area contributed by atoms with E-state index < -0.39 is 15.9 Å². The van der Waals surface area contributed by atoms with Gasteiger partial charge in [-0.3, -0.25) is 4.99 Å². The zero-order valence-electron chi connectivity index (χ0n) is 16.5. The summed E-state index contributed by atoms with van der Waals surface area (Å²) in [7, 11) is -3.45. The van der Waals surface area contributed by atoms with Crippen LogP contribution in [0.4, 0.5) is 0 Å². The largest absolute Gasteiger partial charge is 0.390 e. The second kappa shape index (κ2) is 14.6. The number of nitrogens with one attached hydrogen (secondary N) is 2. The van der Waals surface area contributed by atoms with Gasteiger partial charge in [-0.25, -0.2) is 8.42 Å². The monoisotopic (exact) mass is 531 g/mol. The fraction of sp³-hybridized carbons (Fsp3) is 0.722. The molecule has 1 aromatic rings. The third-order valence-electron chi connectivity index (χ3n) is 4.11. The van der Waals surface area contributed by atoms with Gasteiger partial charge in [-0.1, -0.05) is 39.2 Å². The third kappa shape index (κ3) is 10.7. The molecule has 0 bridgehead atoms. The average molecular weight is 532 g/mol. The highest BCUT2D eigenvalue weighted by Gasteiger charge is 2.20. The average Bonchev–Trinajstić information content (AvgIpc) is 3.15. The number of rotatable bonds is 12. The van der Waals surface area contributed by atoms with E-state index in [1.54, 1.807) is 17.5 Å². The van der Waals surface area contributed by atoms with Gasteiger partial charge in [0.15, 0.2) is 15.8 Å². The van der Waals surface area contributed by atoms with Crippen LogP contribution < -0.4 is 10.6 Å². The first kappa shape index (κ1) is 26.6. The zero-order chi connectivity index (χ0) is 19.4. The molecule has 1 aromatic heterocycles. The molecule has 27 heavy (non-hydrogen) atoms. The molecule has 0 saturated carbocycles. The molecule has 0 fully saturated rings. The lowest BCUT2D eigenvalue weighted by Crippen LogP contribution is -2.43. The number of hydrogen-bond acceptors (Lipinski definition) is 5. The molecule has 1 heterocycles. The highest BCUT2D eigenvalue weighted by molar-refractivity contribution is 14.0. The summed E-state index contributed by atoms with van der Waals surface area (Å²) < 4.78 is 24.7. The van der Waals surface area contributed by atoms with Crippen LogP contribution in [0.15, 0.2) is 26.7 Å². The van der Waals surface area contributed by atoms with E-state index in [0.717, 1.165) is 19.4 Å². The maximum Gasteiger partial charge on any atom is 0.191 e. The number of aliphatic hydroxyl groups excluding tert-OH is 1. The molecule has 0 aliphatic heterocycles. The molecule has 3 N–H and O–H groups in total. The van der Waals surface area contributed by atoms with Crippen LogP contribution in [0, 0.1) is 5.92 Å². The van der Waals surface area contributed by atoms with Crippen molar-refractivity contribution in [2.75, 3.05) is 25.4 Å². The number of nitrogens with zero attached hydrogens (tertiary/aromatic N) is 1. The van der Waals surface area contributed by atoms with Crippen molar-refractivity contribution in [3.8, 4) is 0 Å². The summed E-state index contributed by atoms with van der Waals surface area (Å²) in [4.78, 5) is 4.59. The summed E-state index contributed by atoms with van der Waals surface area (Å²) in [5.74, 6) is 0.873. The van der Waals surface area contributed by atoms with Crippen molar-refractivity contribution < 1.29 is 13.5 Å². The van der Waals surface area contributed by atoms with E-state index in [1.165, 1.54) is 24.2 Å². The molecular weight excluding hydrogens is 497 g/mol. The Morgan fingerprint density at radius 1 is 1.30 bits per heavy atom. The van der Waals surface area contributed by atoms with Gasteiger partial charge in [-0.05, 0) is 30.7 Å². The minimum absolute atomic E-state index is 0. The zero-order valence-corrected chi connectivity index (χ0v) is 20.4. The highest BCUT2D eigenvalue weighted by atomic mass is 127. The third-order valence-corrected chi connectivity index (χ3v) is 7.40. The summed E-state index contributed by atoms with van der Waals surface area (Å²) in [5.41, 5.74) is 0. The Morgan fingerprint density at radius 3 is 2.59 bits per heavy atom. The Labute approximate surface area is 185 Å². The SMILES string of the molecule is CCCCC(CC)CN=C(NCC)NCC(O)CS(=O)(=O)c1cccs1.I. The lowest BCUT2D eigenvalue weighted by atomic mass is 10.00. The molecule has 9 heteroatoms. The predicted molar refractivity (Wildman–Crippen MR) is 125 cm³/mol. The molecule has 2 atom stereocenters. The van der Waals surface area contributed by atoms with Gasteiger partial charge in [0.1, 0.15) is 4.21 Å². The molecule has 0 aliphatic rings. The number of aliphatic hydroxyl groups is 1. The van der Waals surface area contributed by atoms with E-state index in [1.807, 2.05) is 6.92 Å². The van der Waals surface area contributed by atoms with E-state index in [0.29, 0.717) is 22.6 Å². The molecule has 0 spiro atoms. The standard InChI is InChI=1S/C18H33N3O3S2.HI/c1-4-7-9-15(5-2)12-20-18(19-6-3)21-13-16(22)14-26(23,24)17-10-8-11-25-17;/h8,10-11,15-16,22H,4-7,9,12-14H2,1-3H3,(H2,19,20,21);1H. The molecule has 0 aromatic carbocycles. The smallest absolute Gasteiger partial charge is 0.191 e. The van der Waals surface area contributed by atoms with Crippen LogP contribution in [0.2, 0.25) is 0 Å². The second-order valence-electron chi connectivity index (χ2n) is 6.38. The Kier molecular flexibility index (Phi) is 14.4. The van der Waals surface area contributed by atoms with Crippen molar-refractivity contribution in [1.29, 1.82) is 0 Å². The van der Waals surface area contributed by atoms with Crippen molar-refractivity contribution >= 4 is 51.1 Å². The first-order valence-corrected chi connectivity index (χ1v) is 11.9. The van der Waals surface area contributed by atoms with Gasteiger partial charge >= 0.3 is 0 Å². The fourth-order valence-corrected chi connectivity index (χ4v) is 5.01. The van der Waals surface area contributed by atoms with Gasteiger partial charge in [0.2, 0.25) is 0 Å². The van der Waals surface area contributed by atoms with Crippen LogP contribution in [0.3, 0.4) is 0 Å². The number of guanidine groups is 1. The number of unbranched alkanes of at least 4 members (excludes halogenated alkanes) is 1. The Morgan fingerprint density at radius 2 is 2.04 bits per heavy atom. The van der Waals surface area contributed by atoms with Gasteiger partial charge in [0.25, 0.3) is 0 Å². The van der Waals surface area contributed by atoms with Crippen LogP contribution in [-0.2, 0) is 9.84 Å². The fourth-order valence-electron chi connectivity index (χ4n) is 2.53. The van der Waals surface area contributed by atoms with Crippen molar-refractivity contribution in [2.24, 2.45) is 10.9 Å². The van der Waals surface area contributed by atoms with E-state index >= 15 is 0 Å². The topological polar surface area (TPSA) is 90.8 Å². The van der Waals surface area contributed by atoms with Crippen LogP contribution in [0.1, 0.15) is 46.5 Å². The van der Waals surface area contributed by atoms with Crippen LogP contribution in [0.5, 0.6) is 0 Å². The van der Waals surface area contributed by atoms with Gasteiger partial charge in [-0.2, -0.15) is 0 Å². The minimum atomic E-state index is -3.45. The summed E-state index contributed by atoms with van der Waals surface area (Å²) in [6, 6.07) is 3.26. The number of halogens is 1. The molecular formula is C18H34IN3O3S2. The number of sulfone groups is 1. The quantitative estimate of drug-likeness (QED) is 0.219. The lowest BCUT2D eigenvalue weighted by molar-refractivity contribution is 0.200. The summed E-state index contributed by atoms with van der Waals surface area (Å²) in [6.45, 7) is 7.92. The van der Waals surface area contributed by atoms with E-state index in [9.17, 15) is 13.5 Å². The molecule has 0 aliphatic carbocycles. The predicted octanol–water partition coefficient (Wildman–Crippen LogP) is 3.27. The number of thiophene rings is 1. The number of hydrogen-bond donors (Lipinski definition) is 3. The normalized spacial score (nSPS) is 14.3. The summed E-state index contributed by atoms with van der Waals surface area (Å²) in [5, 5.41) is 18.0. The van der Waals surface area contributed by atoms with Gasteiger partial charge in [0, 0.05) is 19.6 Å². The van der Waals surface area contributed by atoms with Crippen molar-refractivity contribution in [3.05, 3.63) is 17.5 Å². The molecule has 0 saturated heterocycles. The van der Waals surface area contributed by atoms with E-state index in [2.05, 4.69) is 29.5 Å². The maximum atomic E-state index is 12.2. The maximum absolute atomic E-state index is 12.2. The molecule has 2 unspecified atom stereocenters. The van der Waals surface area contributed by atoms with Crippen LogP contribution in [-0.4, -0.2) is 51.0 Å². The van der Waals surface area contributed by atoms with E-state index in [-0.39, 0.29) is 36.3 Å². The van der Waals surface area contributed by atoms with Gasteiger partial charge in [0.05, 0.1) is 11.9 Å². The molecule has 0 amide bonds. The molecule has 1 rings (SSSR count). The molecule has 158 valence electrons. The van der Waals surface area contributed by atoms with Crippen LogP contribution >= 0.6 is 35.3 Å². The van der Waals surface area contributed by atoms with Gasteiger partial charge in [-0.15, -0.1) is 35.3 Å². The van der Waals surface area contributed by atoms with Gasteiger partial charge < -0.3 is 15.7 Å². The van der Waals surface area contributed by atoms with E-state index in [4.69, 9.17) is 0 Å². The number of aliphatic imine (C=N–C) groups is 1. The minimum Gasteiger partial charge on any atom is -0.390 e. The van der Waals surface area contributed by atoms with Crippen LogP contribution in [0.25, 0.3) is 0 Å². The molecule has 6 nitrogen and oxygen atoms in total. The van der Waals surface area contributed by atoms with Crippen molar-refractivity contribution in [3.63, 3.8) is 0 Å². The van der Waals surface area contributed by atoms with Crippen molar-refractivity contribution in [2.45, 2.75) is 56.8 Å². The highest BCUT2D eigenvalue weighted by Crippen LogP contribution is 2.18. The first-order valence-electron chi connectivity index (χ1n) is 9.39. The Bertz CT molecular complexity index is 622. The lowest BCUT2D eigenvalue weighted by Gasteiger charge is -2.17.